The minimum Gasteiger partial charge on any atom is -0.489 e. The summed E-state index contributed by atoms with van der Waals surface area (Å²) >= 11 is 0. The number of rotatable bonds is 6. The van der Waals surface area contributed by atoms with E-state index in [0.29, 0.717) is 13.0 Å². The Morgan fingerprint density at radius 1 is 1.09 bits per heavy atom. The van der Waals surface area contributed by atoms with Gasteiger partial charge in [-0.2, -0.15) is 0 Å². The molecular formula is C19H22O3. The number of carboxylic acid groups (broad SMARTS) is 1. The molecule has 2 rings (SSSR count). The first-order valence-corrected chi connectivity index (χ1v) is 7.20. The van der Waals surface area contributed by atoms with Crippen LogP contribution < -0.4 is 4.74 Å². The van der Waals surface area contributed by atoms with Crippen molar-refractivity contribution in [3.63, 3.8) is 0 Å². The average molecular weight is 298 g/mol. The molecule has 3 nitrogen and oxygen atoms in total. The summed E-state index contributed by atoms with van der Waals surface area (Å²) in [6.07, 6.45) is 2.46. The zero-order valence-corrected chi connectivity index (χ0v) is 12.9. The molecule has 0 amide bonds. The van der Waals surface area contributed by atoms with Gasteiger partial charge in [-0.05, 0) is 36.6 Å². The fourth-order valence-electron chi connectivity index (χ4n) is 1.74. The summed E-state index contributed by atoms with van der Waals surface area (Å²) in [5, 5.41) is 8.61. The summed E-state index contributed by atoms with van der Waals surface area (Å²) in [5.74, 6) is 0.0207. The van der Waals surface area contributed by atoms with Crippen LogP contribution in [0.5, 0.6) is 5.75 Å². The van der Waals surface area contributed by atoms with Crippen LogP contribution in [-0.2, 0) is 17.8 Å². The van der Waals surface area contributed by atoms with E-state index >= 15 is 0 Å². The third-order valence-corrected chi connectivity index (χ3v) is 2.80. The summed E-state index contributed by atoms with van der Waals surface area (Å²) in [6, 6.07) is 17.5. The maximum Gasteiger partial charge on any atom is 0.303 e. The number of carbonyl (C=O) groups is 1. The van der Waals surface area contributed by atoms with Crippen LogP contribution >= 0.6 is 0 Å². The minimum atomic E-state index is -0.774. The van der Waals surface area contributed by atoms with Gasteiger partial charge in [-0.3, -0.25) is 4.79 Å². The summed E-state index contributed by atoms with van der Waals surface area (Å²) in [6.45, 7) is 5.79. The van der Waals surface area contributed by atoms with E-state index in [9.17, 15) is 4.79 Å². The first-order valence-electron chi connectivity index (χ1n) is 7.20. The number of hydrogen-bond acceptors (Lipinski definition) is 2. The number of aliphatic carboxylic acids is 1. The highest BCUT2D eigenvalue weighted by Gasteiger charge is 2.00. The van der Waals surface area contributed by atoms with Gasteiger partial charge in [0.05, 0.1) is 0 Å². The maximum absolute atomic E-state index is 10.5. The van der Waals surface area contributed by atoms with Gasteiger partial charge in [-0.1, -0.05) is 48.5 Å². The smallest absolute Gasteiger partial charge is 0.303 e. The molecule has 0 atom stereocenters. The van der Waals surface area contributed by atoms with E-state index in [1.165, 1.54) is 0 Å². The van der Waals surface area contributed by atoms with Crippen LogP contribution in [0.4, 0.5) is 0 Å². The highest BCUT2D eigenvalue weighted by Crippen LogP contribution is 2.15. The zero-order chi connectivity index (χ0) is 16.2. The molecule has 0 spiro atoms. The standard InChI is InChI=1S/C16H16O3.C3H6/c17-16(18)11-8-13-6-9-15(10-7-13)19-12-14-4-2-1-3-5-14;1-3-2/h1-7,9-10H,8,11-12H2,(H,17,18);3H,1H2,2H3. The van der Waals surface area contributed by atoms with E-state index in [2.05, 4.69) is 6.58 Å². The Hall–Kier alpha value is -2.55. The van der Waals surface area contributed by atoms with Crippen LogP contribution in [0.2, 0.25) is 0 Å². The van der Waals surface area contributed by atoms with E-state index in [0.717, 1.165) is 16.9 Å². The number of allylic oxidation sites excluding steroid dienone is 1. The number of aryl methyl sites for hydroxylation is 1. The highest BCUT2D eigenvalue weighted by molar-refractivity contribution is 5.67. The quantitative estimate of drug-likeness (QED) is 0.800. The predicted octanol–water partition coefficient (Wildman–Crippen LogP) is 4.48. The third kappa shape index (κ3) is 7.29. The van der Waals surface area contributed by atoms with Crippen LogP contribution in [-0.4, -0.2) is 11.1 Å². The van der Waals surface area contributed by atoms with Crippen molar-refractivity contribution >= 4 is 5.97 Å². The van der Waals surface area contributed by atoms with Gasteiger partial charge in [0.2, 0.25) is 0 Å². The van der Waals surface area contributed by atoms with Crippen molar-refractivity contribution in [1.82, 2.24) is 0 Å². The molecule has 2 aromatic rings. The van der Waals surface area contributed by atoms with Crippen molar-refractivity contribution in [1.29, 1.82) is 0 Å². The van der Waals surface area contributed by atoms with Gasteiger partial charge < -0.3 is 9.84 Å². The molecular weight excluding hydrogens is 276 g/mol. The Bertz CT molecular complexity index is 559. The Labute approximate surface area is 131 Å². The molecule has 0 saturated carbocycles. The van der Waals surface area contributed by atoms with Crippen LogP contribution in [0.1, 0.15) is 24.5 Å². The summed E-state index contributed by atoms with van der Waals surface area (Å²) in [7, 11) is 0. The van der Waals surface area contributed by atoms with Crippen molar-refractivity contribution in [2.24, 2.45) is 0 Å². The fourth-order valence-corrected chi connectivity index (χ4v) is 1.74. The lowest BCUT2D eigenvalue weighted by Crippen LogP contribution is -1.98. The number of carboxylic acids is 1. The first kappa shape index (κ1) is 17.5. The van der Waals surface area contributed by atoms with E-state index in [-0.39, 0.29) is 6.42 Å². The summed E-state index contributed by atoms with van der Waals surface area (Å²) in [4.78, 5) is 10.5. The summed E-state index contributed by atoms with van der Waals surface area (Å²) in [5.41, 5.74) is 2.13. The monoisotopic (exact) mass is 298 g/mol. The molecule has 0 radical (unpaired) electrons. The average Bonchev–Trinajstić information content (AvgIpc) is 2.54. The Morgan fingerprint density at radius 3 is 2.23 bits per heavy atom. The van der Waals surface area contributed by atoms with Crippen molar-refractivity contribution in [2.45, 2.75) is 26.4 Å². The molecule has 0 aliphatic carbocycles. The molecule has 3 heteroatoms. The molecule has 0 bridgehead atoms. The van der Waals surface area contributed by atoms with Crippen LogP contribution in [0.3, 0.4) is 0 Å². The van der Waals surface area contributed by atoms with Gasteiger partial charge >= 0.3 is 5.97 Å². The lowest BCUT2D eigenvalue weighted by Gasteiger charge is -2.07. The second kappa shape index (κ2) is 10.2. The highest BCUT2D eigenvalue weighted by atomic mass is 16.5. The molecule has 116 valence electrons. The van der Waals surface area contributed by atoms with Gasteiger partial charge in [0, 0.05) is 6.42 Å². The second-order valence-electron chi connectivity index (χ2n) is 4.72. The van der Waals surface area contributed by atoms with E-state index in [4.69, 9.17) is 9.84 Å². The lowest BCUT2D eigenvalue weighted by atomic mass is 10.1. The van der Waals surface area contributed by atoms with Gasteiger partial charge in [-0.25, -0.2) is 0 Å². The molecule has 0 fully saturated rings. The number of benzene rings is 2. The predicted molar refractivity (Wildman–Crippen MR) is 89.0 cm³/mol. The molecule has 2 aromatic carbocycles. The van der Waals surface area contributed by atoms with Gasteiger partial charge in [-0.15, -0.1) is 6.58 Å². The molecule has 0 aliphatic rings. The van der Waals surface area contributed by atoms with E-state index < -0.39 is 5.97 Å². The summed E-state index contributed by atoms with van der Waals surface area (Å²) < 4.78 is 5.66. The van der Waals surface area contributed by atoms with E-state index in [1.54, 1.807) is 6.08 Å². The van der Waals surface area contributed by atoms with Gasteiger partial charge in [0.1, 0.15) is 12.4 Å². The van der Waals surface area contributed by atoms with Crippen molar-refractivity contribution in [2.75, 3.05) is 0 Å². The molecule has 1 N–H and O–H groups in total. The molecule has 0 aromatic heterocycles. The molecule has 0 unspecified atom stereocenters. The van der Waals surface area contributed by atoms with Gasteiger partial charge in [0.15, 0.2) is 0 Å². The maximum atomic E-state index is 10.5. The molecule has 0 heterocycles. The number of hydrogen-bond donors (Lipinski definition) is 1. The molecule has 22 heavy (non-hydrogen) atoms. The van der Waals surface area contributed by atoms with Crippen molar-refractivity contribution in [3.8, 4) is 5.75 Å². The van der Waals surface area contributed by atoms with Crippen molar-refractivity contribution in [3.05, 3.63) is 78.4 Å². The zero-order valence-electron chi connectivity index (χ0n) is 12.9. The van der Waals surface area contributed by atoms with E-state index in [1.807, 2.05) is 61.5 Å². The largest absolute Gasteiger partial charge is 0.489 e. The van der Waals surface area contributed by atoms with Crippen LogP contribution in [0, 0.1) is 0 Å². The van der Waals surface area contributed by atoms with Gasteiger partial charge in [0.25, 0.3) is 0 Å². The second-order valence-corrected chi connectivity index (χ2v) is 4.72. The minimum absolute atomic E-state index is 0.157. The Morgan fingerprint density at radius 2 is 1.68 bits per heavy atom. The molecule has 0 saturated heterocycles. The number of ether oxygens (including phenoxy) is 1. The fraction of sp³-hybridized carbons (Fsp3) is 0.211. The first-order chi connectivity index (χ1) is 10.7. The van der Waals surface area contributed by atoms with Crippen LogP contribution in [0.25, 0.3) is 0 Å². The third-order valence-electron chi connectivity index (χ3n) is 2.80. The molecule has 0 aliphatic heterocycles. The topological polar surface area (TPSA) is 46.5 Å². The SMILES string of the molecule is C=CC.O=C(O)CCc1ccc(OCc2ccccc2)cc1. The normalized spacial score (nSPS) is 9.32. The lowest BCUT2D eigenvalue weighted by molar-refractivity contribution is -0.136. The van der Waals surface area contributed by atoms with Crippen molar-refractivity contribution < 1.29 is 14.6 Å². The Kier molecular flexibility index (Phi) is 8.13. The Balaban J connectivity index is 0.000000745. The van der Waals surface area contributed by atoms with Crippen LogP contribution in [0.15, 0.2) is 67.3 Å².